The number of para-hydroxylation sites is 1. The highest BCUT2D eigenvalue weighted by molar-refractivity contribution is 5.35. The van der Waals surface area contributed by atoms with Crippen molar-refractivity contribution in [1.29, 1.82) is 0 Å². The lowest BCUT2D eigenvalue weighted by molar-refractivity contribution is 0.205. The van der Waals surface area contributed by atoms with Crippen LogP contribution in [0.4, 0.5) is 0 Å². The molecule has 1 aliphatic carbocycles. The Morgan fingerprint density at radius 3 is 2.62 bits per heavy atom. The van der Waals surface area contributed by atoms with E-state index in [-0.39, 0.29) is 0 Å². The SMILES string of the molecule is CC(C)c1ccccc1OC1CCC(N)C1. The standard InChI is InChI=1S/C14H21NO/c1-10(2)13-5-3-4-6-14(13)16-12-8-7-11(15)9-12/h3-6,10-12H,7-9,15H2,1-2H3. The smallest absolute Gasteiger partial charge is 0.123 e. The maximum absolute atomic E-state index is 6.06. The summed E-state index contributed by atoms with van der Waals surface area (Å²) in [7, 11) is 0. The Balaban J connectivity index is 2.09. The van der Waals surface area contributed by atoms with Crippen LogP contribution in [-0.4, -0.2) is 12.1 Å². The molecule has 0 saturated heterocycles. The summed E-state index contributed by atoms with van der Waals surface area (Å²) in [5.41, 5.74) is 7.19. The van der Waals surface area contributed by atoms with Crippen LogP contribution in [-0.2, 0) is 0 Å². The van der Waals surface area contributed by atoms with E-state index in [0.717, 1.165) is 25.0 Å². The number of ether oxygens (including phenoxy) is 1. The molecule has 2 nitrogen and oxygen atoms in total. The fraction of sp³-hybridized carbons (Fsp3) is 0.571. The van der Waals surface area contributed by atoms with Crippen molar-refractivity contribution < 1.29 is 4.74 Å². The summed E-state index contributed by atoms with van der Waals surface area (Å²) in [5.74, 6) is 1.54. The van der Waals surface area contributed by atoms with Crippen molar-refractivity contribution in [3.63, 3.8) is 0 Å². The van der Waals surface area contributed by atoms with Gasteiger partial charge in [0.05, 0.1) is 0 Å². The molecule has 0 aliphatic heterocycles. The predicted molar refractivity (Wildman–Crippen MR) is 66.8 cm³/mol. The zero-order valence-corrected chi connectivity index (χ0v) is 10.1. The number of nitrogens with two attached hydrogens (primary N) is 1. The molecule has 16 heavy (non-hydrogen) atoms. The normalized spacial score (nSPS) is 25.0. The molecule has 1 aromatic rings. The number of hydrogen-bond donors (Lipinski definition) is 1. The van der Waals surface area contributed by atoms with Crippen LogP contribution in [0.2, 0.25) is 0 Å². The lowest BCUT2D eigenvalue weighted by Gasteiger charge is -2.18. The Morgan fingerprint density at radius 1 is 1.25 bits per heavy atom. The molecule has 2 unspecified atom stereocenters. The van der Waals surface area contributed by atoms with Crippen LogP contribution in [0.15, 0.2) is 24.3 Å². The highest BCUT2D eigenvalue weighted by Gasteiger charge is 2.24. The van der Waals surface area contributed by atoms with Gasteiger partial charge in [-0.1, -0.05) is 32.0 Å². The number of hydrogen-bond acceptors (Lipinski definition) is 2. The third-order valence-corrected chi connectivity index (χ3v) is 3.26. The molecule has 2 N–H and O–H groups in total. The van der Waals surface area contributed by atoms with Crippen molar-refractivity contribution in [2.75, 3.05) is 0 Å². The maximum atomic E-state index is 6.06. The molecule has 1 fully saturated rings. The van der Waals surface area contributed by atoms with E-state index < -0.39 is 0 Å². The van der Waals surface area contributed by atoms with Crippen LogP contribution in [0.25, 0.3) is 0 Å². The first-order chi connectivity index (χ1) is 7.66. The Hall–Kier alpha value is -1.02. The summed E-state index contributed by atoms with van der Waals surface area (Å²) in [5, 5.41) is 0. The van der Waals surface area contributed by atoms with Crippen LogP contribution in [0, 0.1) is 0 Å². The molecule has 0 bridgehead atoms. The Bertz CT molecular complexity index is 348. The number of rotatable bonds is 3. The third kappa shape index (κ3) is 2.56. The lowest BCUT2D eigenvalue weighted by atomic mass is 10.0. The zero-order chi connectivity index (χ0) is 11.5. The van der Waals surface area contributed by atoms with Gasteiger partial charge in [0.15, 0.2) is 0 Å². The summed E-state index contributed by atoms with van der Waals surface area (Å²) in [6, 6.07) is 8.66. The third-order valence-electron chi connectivity index (χ3n) is 3.26. The van der Waals surface area contributed by atoms with Gasteiger partial charge in [-0.05, 0) is 36.8 Å². The Labute approximate surface area is 97.8 Å². The van der Waals surface area contributed by atoms with Gasteiger partial charge in [-0.2, -0.15) is 0 Å². The van der Waals surface area contributed by atoms with Gasteiger partial charge in [-0.3, -0.25) is 0 Å². The minimum atomic E-state index is 0.315. The second-order valence-corrected chi connectivity index (χ2v) is 5.01. The second-order valence-electron chi connectivity index (χ2n) is 5.01. The highest BCUT2D eigenvalue weighted by atomic mass is 16.5. The van der Waals surface area contributed by atoms with Crippen LogP contribution in [0.1, 0.15) is 44.6 Å². The first-order valence-electron chi connectivity index (χ1n) is 6.18. The maximum Gasteiger partial charge on any atom is 0.123 e. The van der Waals surface area contributed by atoms with Gasteiger partial charge >= 0.3 is 0 Å². The van der Waals surface area contributed by atoms with Gasteiger partial charge < -0.3 is 10.5 Å². The van der Waals surface area contributed by atoms with E-state index in [2.05, 4.69) is 32.0 Å². The molecule has 0 heterocycles. The molecule has 1 saturated carbocycles. The van der Waals surface area contributed by atoms with Crippen molar-refractivity contribution in [2.24, 2.45) is 5.73 Å². The summed E-state index contributed by atoms with van der Waals surface area (Å²) in [6.07, 6.45) is 3.49. The van der Waals surface area contributed by atoms with Crippen molar-refractivity contribution in [3.05, 3.63) is 29.8 Å². The molecule has 88 valence electrons. The molecular formula is C14H21NO. The lowest BCUT2D eigenvalue weighted by Crippen LogP contribution is -2.19. The molecule has 0 radical (unpaired) electrons. The molecule has 2 atom stereocenters. The van der Waals surface area contributed by atoms with Crippen LogP contribution >= 0.6 is 0 Å². The van der Waals surface area contributed by atoms with E-state index in [4.69, 9.17) is 10.5 Å². The molecule has 0 amide bonds. The van der Waals surface area contributed by atoms with E-state index in [1.54, 1.807) is 0 Å². The monoisotopic (exact) mass is 219 g/mol. The number of benzene rings is 1. The fourth-order valence-corrected chi connectivity index (χ4v) is 2.32. The topological polar surface area (TPSA) is 35.2 Å². The molecule has 1 aliphatic rings. The molecule has 2 rings (SSSR count). The fourth-order valence-electron chi connectivity index (χ4n) is 2.32. The van der Waals surface area contributed by atoms with E-state index >= 15 is 0 Å². The van der Waals surface area contributed by atoms with E-state index in [1.807, 2.05) is 6.07 Å². The molecule has 2 heteroatoms. The Kier molecular flexibility index (Phi) is 3.49. The molecular weight excluding hydrogens is 198 g/mol. The molecule has 0 spiro atoms. The minimum absolute atomic E-state index is 0.315. The second kappa shape index (κ2) is 4.88. The quantitative estimate of drug-likeness (QED) is 0.848. The average Bonchev–Trinajstić information content (AvgIpc) is 2.64. The predicted octanol–water partition coefficient (Wildman–Crippen LogP) is 3.07. The van der Waals surface area contributed by atoms with Gasteiger partial charge in [0.2, 0.25) is 0 Å². The van der Waals surface area contributed by atoms with Gasteiger partial charge in [0.1, 0.15) is 11.9 Å². The summed E-state index contributed by atoms with van der Waals surface area (Å²) in [4.78, 5) is 0. The van der Waals surface area contributed by atoms with E-state index in [9.17, 15) is 0 Å². The summed E-state index contributed by atoms with van der Waals surface area (Å²) < 4.78 is 6.06. The van der Waals surface area contributed by atoms with Crippen molar-refractivity contribution >= 4 is 0 Å². The summed E-state index contributed by atoms with van der Waals surface area (Å²) >= 11 is 0. The zero-order valence-electron chi connectivity index (χ0n) is 10.1. The van der Waals surface area contributed by atoms with Gasteiger partial charge in [0.25, 0.3) is 0 Å². The summed E-state index contributed by atoms with van der Waals surface area (Å²) in [6.45, 7) is 4.39. The van der Waals surface area contributed by atoms with Crippen LogP contribution < -0.4 is 10.5 Å². The van der Waals surface area contributed by atoms with Gasteiger partial charge in [-0.15, -0.1) is 0 Å². The van der Waals surface area contributed by atoms with Crippen LogP contribution in [0.5, 0.6) is 5.75 Å². The van der Waals surface area contributed by atoms with Crippen molar-refractivity contribution in [3.8, 4) is 5.75 Å². The average molecular weight is 219 g/mol. The van der Waals surface area contributed by atoms with Gasteiger partial charge in [0, 0.05) is 6.04 Å². The molecule has 1 aromatic carbocycles. The Morgan fingerprint density at radius 2 is 2.00 bits per heavy atom. The first-order valence-corrected chi connectivity index (χ1v) is 6.18. The minimum Gasteiger partial charge on any atom is -0.490 e. The molecule has 0 aromatic heterocycles. The van der Waals surface area contributed by atoms with Crippen LogP contribution in [0.3, 0.4) is 0 Å². The van der Waals surface area contributed by atoms with Crippen molar-refractivity contribution in [2.45, 2.75) is 51.2 Å². The van der Waals surface area contributed by atoms with E-state index in [1.165, 1.54) is 5.56 Å². The first kappa shape index (κ1) is 11.5. The van der Waals surface area contributed by atoms with Gasteiger partial charge in [-0.25, -0.2) is 0 Å². The van der Waals surface area contributed by atoms with Crippen molar-refractivity contribution in [1.82, 2.24) is 0 Å². The van der Waals surface area contributed by atoms with E-state index in [0.29, 0.717) is 18.1 Å². The highest BCUT2D eigenvalue weighted by Crippen LogP contribution is 2.30. The largest absolute Gasteiger partial charge is 0.490 e.